The topological polar surface area (TPSA) is 50.7 Å². The maximum Gasteiger partial charge on any atom is 0.162 e. The van der Waals surface area contributed by atoms with E-state index in [2.05, 4.69) is 71.7 Å². The normalized spacial score (nSPS) is 10.8. The number of pyridine rings is 1. The zero-order valence-corrected chi connectivity index (χ0v) is 18.0. The minimum atomic E-state index is 0.317. The van der Waals surface area contributed by atoms with Gasteiger partial charge in [-0.1, -0.05) is 56.0 Å². The smallest absolute Gasteiger partial charge is 0.162 e. The van der Waals surface area contributed by atoms with Gasteiger partial charge in [-0.05, 0) is 30.5 Å². The fraction of sp³-hybridized carbons (Fsp3) is 0.240. The standard InChI is InChI=1S/C25H24N4S/c1-18(2)10-11-21-17-30-23-22(21)28-24(20-12-15-26-16-13-20)29-25(23)27-14-6-9-19-7-4-3-5-8-19/h3-5,7-8,12-13,15-18H,6,9,14H2,1-2H3,(H,27,28,29). The highest BCUT2D eigenvalue weighted by Crippen LogP contribution is 2.32. The van der Waals surface area contributed by atoms with Crippen molar-refractivity contribution in [1.29, 1.82) is 0 Å². The molecule has 5 heteroatoms. The quantitative estimate of drug-likeness (QED) is 0.321. The van der Waals surface area contributed by atoms with Crippen LogP contribution in [0.5, 0.6) is 0 Å². The van der Waals surface area contributed by atoms with E-state index < -0.39 is 0 Å². The molecule has 4 rings (SSSR count). The lowest BCUT2D eigenvalue weighted by molar-refractivity contribution is 0.860. The van der Waals surface area contributed by atoms with Gasteiger partial charge in [-0.3, -0.25) is 4.98 Å². The minimum absolute atomic E-state index is 0.317. The summed E-state index contributed by atoms with van der Waals surface area (Å²) in [5.74, 6) is 8.44. The van der Waals surface area contributed by atoms with Gasteiger partial charge >= 0.3 is 0 Å². The molecule has 0 aliphatic carbocycles. The van der Waals surface area contributed by atoms with E-state index in [9.17, 15) is 0 Å². The Kier molecular flexibility index (Phi) is 6.36. The Morgan fingerprint density at radius 2 is 1.83 bits per heavy atom. The summed E-state index contributed by atoms with van der Waals surface area (Å²) < 4.78 is 1.06. The first kappa shape index (κ1) is 20.1. The summed E-state index contributed by atoms with van der Waals surface area (Å²) in [6.07, 6.45) is 5.60. The number of fused-ring (bicyclic) bond motifs is 1. The largest absolute Gasteiger partial charge is 0.369 e. The van der Waals surface area contributed by atoms with Gasteiger partial charge in [0.2, 0.25) is 0 Å². The summed E-state index contributed by atoms with van der Waals surface area (Å²) >= 11 is 1.65. The van der Waals surface area contributed by atoms with Gasteiger partial charge in [0.15, 0.2) is 5.82 Å². The van der Waals surface area contributed by atoms with E-state index >= 15 is 0 Å². The molecule has 0 saturated heterocycles. The van der Waals surface area contributed by atoms with Gasteiger partial charge in [-0.25, -0.2) is 9.97 Å². The second-order valence-electron chi connectivity index (χ2n) is 7.40. The zero-order valence-electron chi connectivity index (χ0n) is 17.2. The van der Waals surface area contributed by atoms with Crippen molar-refractivity contribution in [3.63, 3.8) is 0 Å². The van der Waals surface area contributed by atoms with E-state index in [-0.39, 0.29) is 0 Å². The number of thiophene rings is 1. The van der Waals surface area contributed by atoms with Crippen molar-refractivity contribution in [3.05, 3.63) is 71.4 Å². The van der Waals surface area contributed by atoms with Crippen LogP contribution in [0.1, 0.15) is 31.4 Å². The Labute approximate surface area is 181 Å². The van der Waals surface area contributed by atoms with Gasteiger partial charge in [0.25, 0.3) is 0 Å². The highest BCUT2D eigenvalue weighted by Gasteiger charge is 2.14. The fourth-order valence-corrected chi connectivity index (χ4v) is 4.03. The highest BCUT2D eigenvalue weighted by atomic mass is 32.1. The number of nitrogens with one attached hydrogen (secondary N) is 1. The molecule has 0 aliphatic heterocycles. The summed E-state index contributed by atoms with van der Waals surface area (Å²) in [6.45, 7) is 5.04. The molecule has 0 spiro atoms. The Morgan fingerprint density at radius 1 is 1.03 bits per heavy atom. The number of anilines is 1. The lowest BCUT2D eigenvalue weighted by Crippen LogP contribution is -2.06. The van der Waals surface area contributed by atoms with Crippen molar-refractivity contribution >= 4 is 27.4 Å². The summed E-state index contributed by atoms with van der Waals surface area (Å²) in [5.41, 5.74) is 4.19. The van der Waals surface area contributed by atoms with Crippen molar-refractivity contribution in [2.75, 3.05) is 11.9 Å². The average molecular weight is 413 g/mol. The van der Waals surface area contributed by atoms with Crippen LogP contribution in [0.4, 0.5) is 5.82 Å². The van der Waals surface area contributed by atoms with E-state index in [1.807, 2.05) is 12.1 Å². The maximum absolute atomic E-state index is 4.85. The predicted octanol–water partition coefficient (Wildman–Crippen LogP) is 5.81. The first-order chi connectivity index (χ1) is 14.7. The molecule has 0 radical (unpaired) electrons. The molecule has 0 bridgehead atoms. The molecule has 0 saturated carbocycles. The van der Waals surface area contributed by atoms with Crippen LogP contribution in [0.25, 0.3) is 21.6 Å². The third-order valence-corrected chi connectivity index (χ3v) is 5.60. The molecule has 150 valence electrons. The molecule has 30 heavy (non-hydrogen) atoms. The van der Waals surface area contributed by atoms with E-state index in [4.69, 9.17) is 9.97 Å². The van der Waals surface area contributed by atoms with E-state index in [0.717, 1.165) is 46.5 Å². The van der Waals surface area contributed by atoms with Crippen LogP contribution in [0.15, 0.2) is 60.2 Å². The van der Waals surface area contributed by atoms with Gasteiger partial charge in [0.1, 0.15) is 11.3 Å². The molecule has 0 unspecified atom stereocenters. The van der Waals surface area contributed by atoms with E-state index in [0.29, 0.717) is 11.7 Å². The number of aromatic nitrogens is 3. The molecule has 4 nitrogen and oxygen atoms in total. The van der Waals surface area contributed by atoms with Crippen LogP contribution in [0, 0.1) is 17.8 Å². The predicted molar refractivity (Wildman–Crippen MR) is 126 cm³/mol. The monoisotopic (exact) mass is 412 g/mol. The van der Waals surface area contributed by atoms with Crippen molar-refractivity contribution in [2.24, 2.45) is 5.92 Å². The van der Waals surface area contributed by atoms with Crippen LogP contribution in [0.3, 0.4) is 0 Å². The molecule has 3 heterocycles. The third kappa shape index (κ3) is 4.84. The molecule has 0 amide bonds. The zero-order chi connectivity index (χ0) is 20.8. The summed E-state index contributed by atoms with van der Waals surface area (Å²) in [6, 6.07) is 14.4. The first-order valence-corrected chi connectivity index (χ1v) is 11.1. The SMILES string of the molecule is CC(C)C#Cc1csc2c(NCCCc3ccccc3)nc(-c3ccncc3)nc12. The highest BCUT2D eigenvalue weighted by molar-refractivity contribution is 7.18. The number of rotatable bonds is 6. The van der Waals surface area contributed by atoms with Crippen molar-refractivity contribution in [2.45, 2.75) is 26.7 Å². The number of aryl methyl sites for hydroxylation is 1. The van der Waals surface area contributed by atoms with Crippen LogP contribution >= 0.6 is 11.3 Å². The van der Waals surface area contributed by atoms with E-state index in [1.165, 1.54) is 5.56 Å². The van der Waals surface area contributed by atoms with Crippen LogP contribution in [0.2, 0.25) is 0 Å². The molecule has 0 fully saturated rings. The molecular weight excluding hydrogens is 388 g/mol. The first-order valence-electron chi connectivity index (χ1n) is 10.2. The Hall–Kier alpha value is -3.23. The van der Waals surface area contributed by atoms with Crippen LogP contribution in [-0.2, 0) is 6.42 Å². The average Bonchev–Trinajstić information content (AvgIpc) is 3.19. The number of hydrogen-bond acceptors (Lipinski definition) is 5. The van der Waals surface area contributed by atoms with Crippen molar-refractivity contribution in [3.8, 4) is 23.2 Å². The minimum Gasteiger partial charge on any atom is -0.369 e. The van der Waals surface area contributed by atoms with Crippen LogP contribution < -0.4 is 5.32 Å². The number of nitrogens with zero attached hydrogens (tertiary/aromatic N) is 3. The van der Waals surface area contributed by atoms with Gasteiger partial charge < -0.3 is 5.32 Å². The van der Waals surface area contributed by atoms with Gasteiger partial charge in [0.05, 0.1) is 10.3 Å². The Morgan fingerprint density at radius 3 is 2.60 bits per heavy atom. The second-order valence-corrected chi connectivity index (χ2v) is 8.28. The molecule has 1 N–H and O–H groups in total. The molecule has 0 atom stereocenters. The summed E-state index contributed by atoms with van der Waals surface area (Å²) in [7, 11) is 0. The molecule has 1 aromatic carbocycles. The fourth-order valence-electron chi connectivity index (χ4n) is 3.12. The Balaban J connectivity index is 1.62. The van der Waals surface area contributed by atoms with Crippen molar-refractivity contribution in [1.82, 2.24) is 15.0 Å². The Bertz CT molecular complexity index is 1170. The lowest BCUT2D eigenvalue weighted by Gasteiger charge is -2.09. The van der Waals surface area contributed by atoms with Gasteiger partial charge in [-0.15, -0.1) is 11.3 Å². The maximum atomic E-state index is 4.85. The van der Waals surface area contributed by atoms with Crippen molar-refractivity contribution < 1.29 is 0 Å². The molecule has 0 aliphatic rings. The van der Waals surface area contributed by atoms with E-state index in [1.54, 1.807) is 23.7 Å². The van der Waals surface area contributed by atoms with Crippen LogP contribution in [-0.4, -0.2) is 21.5 Å². The second kappa shape index (κ2) is 9.51. The van der Waals surface area contributed by atoms with Gasteiger partial charge in [-0.2, -0.15) is 0 Å². The lowest BCUT2D eigenvalue weighted by atomic mass is 10.1. The number of hydrogen-bond donors (Lipinski definition) is 1. The summed E-state index contributed by atoms with van der Waals surface area (Å²) in [4.78, 5) is 13.8. The molecular formula is C25H24N4S. The number of benzene rings is 1. The molecule has 3 aromatic heterocycles. The van der Waals surface area contributed by atoms with Gasteiger partial charge in [0, 0.05) is 35.8 Å². The summed E-state index contributed by atoms with van der Waals surface area (Å²) in [5, 5.41) is 5.63. The third-order valence-electron chi connectivity index (χ3n) is 4.63. The molecule has 4 aromatic rings.